The molecule has 3 fully saturated rings. The third kappa shape index (κ3) is 4.88. The summed E-state index contributed by atoms with van der Waals surface area (Å²) in [6.45, 7) is 8.98. The zero-order valence-corrected chi connectivity index (χ0v) is 21.9. The second-order valence-electron chi connectivity index (χ2n) is 10.6. The van der Waals surface area contributed by atoms with E-state index in [4.69, 9.17) is 4.98 Å². The van der Waals surface area contributed by atoms with E-state index in [0.29, 0.717) is 5.92 Å². The smallest absolute Gasteiger partial charge is 0.150 e. The molecule has 8 heteroatoms. The Hall–Kier alpha value is -2.29. The zero-order valence-electron chi connectivity index (χ0n) is 21.0. The highest BCUT2D eigenvalue weighted by Crippen LogP contribution is 2.43. The molecule has 3 aromatic heterocycles. The minimum atomic E-state index is 0.706. The number of anilines is 3. The summed E-state index contributed by atoms with van der Waals surface area (Å²) in [7, 11) is 2.23. The molecule has 3 aromatic rings. The van der Waals surface area contributed by atoms with E-state index in [2.05, 4.69) is 50.0 Å². The van der Waals surface area contributed by atoms with Crippen LogP contribution in [0, 0.1) is 6.92 Å². The van der Waals surface area contributed by atoms with Crippen molar-refractivity contribution in [1.29, 1.82) is 0 Å². The van der Waals surface area contributed by atoms with Crippen LogP contribution in [0.5, 0.6) is 0 Å². The van der Waals surface area contributed by atoms with Gasteiger partial charge >= 0.3 is 0 Å². The highest BCUT2D eigenvalue weighted by Gasteiger charge is 2.27. The number of aryl methyl sites for hydroxylation is 1. The first-order valence-corrected chi connectivity index (χ1v) is 14.1. The number of piperazine rings is 1. The van der Waals surface area contributed by atoms with Gasteiger partial charge in [0.2, 0.25) is 0 Å². The van der Waals surface area contributed by atoms with Crippen molar-refractivity contribution in [3.05, 3.63) is 35.1 Å². The number of thiophene rings is 1. The summed E-state index contributed by atoms with van der Waals surface area (Å²) < 4.78 is 1.29. The standard InChI is InChI=1S/C27H37N7S/c1-19-27(20-5-3-4-6-20)22-15-24(28-16-23(22)35-19)31-25-17-30-26(18-29-25)34-13-11-33(12-14-34)21-7-9-32(2)10-8-21/h15-18,20-21H,3-14H2,1-2H3,(H,28,29,31). The molecule has 35 heavy (non-hydrogen) atoms. The van der Waals surface area contributed by atoms with E-state index in [9.17, 15) is 0 Å². The van der Waals surface area contributed by atoms with Gasteiger partial charge in [-0.1, -0.05) is 12.8 Å². The summed E-state index contributed by atoms with van der Waals surface area (Å²) in [5.74, 6) is 3.28. The lowest BCUT2D eigenvalue weighted by atomic mass is 9.95. The number of piperidine rings is 1. The highest BCUT2D eigenvalue weighted by molar-refractivity contribution is 7.19. The molecule has 2 aliphatic heterocycles. The Labute approximate surface area is 212 Å². The summed E-state index contributed by atoms with van der Waals surface area (Å²) in [5, 5.41) is 4.76. The van der Waals surface area contributed by atoms with E-state index in [1.54, 1.807) is 5.56 Å². The Balaban J connectivity index is 1.10. The van der Waals surface area contributed by atoms with Gasteiger partial charge in [-0.25, -0.2) is 15.0 Å². The maximum absolute atomic E-state index is 4.74. The summed E-state index contributed by atoms with van der Waals surface area (Å²) in [6.07, 6.45) is 13.7. The van der Waals surface area contributed by atoms with Crippen LogP contribution in [-0.4, -0.2) is 77.1 Å². The van der Waals surface area contributed by atoms with E-state index >= 15 is 0 Å². The average Bonchev–Trinajstić information content (AvgIpc) is 3.52. The van der Waals surface area contributed by atoms with Crippen LogP contribution in [0.4, 0.5) is 17.5 Å². The third-order valence-corrected chi connectivity index (χ3v) is 9.37. The van der Waals surface area contributed by atoms with E-state index in [-0.39, 0.29) is 0 Å². The molecule has 2 saturated heterocycles. The molecule has 7 nitrogen and oxygen atoms in total. The minimum Gasteiger partial charge on any atom is -0.353 e. The van der Waals surface area contributed by atoms with Gasteiger partial charge in [-0.3, -0.25) is 4.90 Å². The first-order chi connectivity index (χ1) is 17.1. The number of hydrogen-bond acceptors (Lipinski definition) is 8. The quantitative estimate of drug-likeness (QED) is 0.538. The van der Waals surface area contributed by atoms with Crippen molar-refractivity contribution in [3.63, 3.8) is 0 Å². The second kappa shape index (κ2) is 9.99. The van der Waals surface area contributed by atoms with Gasteiger partial charge in [-0.2, -0.15) is 0 Å². The van der Waals surface area contributed by atoms with Crippen molar-refractivity contribution < 1.29 is 0 Å². The van der Waals surface area contributed by atoms with Crippen LogP contribution >= 0.6 is 11.3 Å². The lowest BCUT2D eigenvalue weighted by Crippen LogP contribution is -2.53. The van der Waals surface area contributed by atoms with Crippen molar-refractivity contribution in [3.8, 4) is 0 Å². The molecule has 0 amide bonds. The Bertz CT molecular complexity index is 1140. The molecule has 0 unspecified atom stereocenters. The van der Waals surface area contributed by atoms with E-state index < -0.39 is 0 Å². The van der Waals surface area contributed by atoms with Crippen molar-refractivity contribution in [2.24, 2.45) is 0 Å². The molecular weight excluding hydrogens is 454 g/mol. The SMILES string of the molecule is Cc1sc2cnc(Nc3cnc(N4CCN(C5CCN(C)CC5)CC4)cn3)cc2c1C1CCCC1. The fourth-order valence-electron chi connectivity index (χ4n) is 6.29. The first kappa shape index (κ1) is 23.1. The van der Waals surface area contributed by atoms with Crippen LogP contribution in [0.15, 0.2) is 24.7 Å². The molecule has 186 valence electrons. The minimum absolute atomic E-state index is 0.706. The topological polar surface area (TPSA) is 60.4 Å². The molecule has 0 atom stereocenters. The molecule has 0 radical (unpaired) electrons. The maximum atomic E-state index is 4.74. The molecule has 6 rings (SSSR count). The van der Waals surface area contributed by atoms with Gasteiger partial charge in [-0.05, 0) is 70.3 Å². The van der Waals surface area contributed by atoms with Crippen molar-refractivity contribution in [1.82, 2.24) is 24.8 Å². The molecule has 0 aromatic carbocycles. The number of fused-ring (bicyclic) bond motifs is 1. The Morgan fingerprint density at radius 2 is 1.60 bits per heavy atom. The van der Waals surface area contributed by atoms with Crippen molar-refractivity contribution >= 4 is 38.9 Å². The second-order valence-corrected chi connectivity index (χ2v) is 11.8. The summed E-state index contributed by atoms with van der Waals surface area (Å²) >= 11 is 1.88. The average molecular weight is 492 g/mol. The van der Waals surface area contributed by atoms with Gasteiger partial charge in [0, 0.05) is 48.7 Å². The van der Waals surface area contributed by atoms with Gasteiger partial charge in [0.25, 0.3) is 0 Å². The summed E-state index contributed by atoms with van der Waals surface area (Å²) in [4.78, 5) is 23.0. The Morgan fingerprint density at radius 1 is 0.857 bits per heavy atom. The maximum Gasteiger partial charge on any atom is 0.150 e. The van der Waals surface area contributed by atoms with Crippen LogP contribution in [0.3, 0.4) is 0 Å². The molecule has 1 saturated carbocycles. The van der Waals surface area contributed by atoms with Crippen LogP contribution in [0.25, 0.3) is 10.1 Å². The van der Waals surface area contributed by atoms with Crippen LogP contribution in [0.2, 0.25) is 0 Å². The number of likely N-dealkylation sites (tertiary alicyclic amines) is 1. The predicted molar refractivity (Wildman–Crippen MR) is 145 cm³/mol. The number of hydrogen-bond donors (Lipinski definition) is 1. The monoisotopic (exact) mass is 491 g/mol. The van der Waals surface area contributed by atoms with E-state index in [1.165, 1.54) is 66.6 Å². The molecule has 3 aliphatic rings. The van der Waals surface area contributed by atoms with Gasteiger partial charge in [-0.15, -0.1) is 11.3 Å². The normalized spacial score (nSPS) is 21.3. The van der Waals surface area contributed by atoms with Crippen molar-refractivity contribution in [2.75, 3.05) is 56.5 Å². The lowest BCUT2D eigenvalue weighted by molar-refractivity contribution is 0.115. The zero-order chi connectivity index (χ0) is 23.8. The van der Waals surface area contributed by atoms with Gasteiger partial charge in [0.05, 0.1) is 17.1 Å². The summed E-state index contributed by atoms with van der Waals surface area (Å²) in [5.41, 5.74) is 1.55. The van der Waals surface area contributed by atoms with Gasteiger partial charge in [0.1, 0.15) is 17.5 Å². The van der Waals surface area contributed by atoms with E-state index in [1.807, 2.05) is 29.9 Å². The molecule has 5 heterocycles. The molecule has 1 aliphatic carbocycles. The largest absolute Gasteiger partial charge is 0.353 e. The van der Waals surface area contributed by atoms with Crippen molar-refractivity contribution in [2.45, 2.75) is 57.4 Å². The number of rotatable bonds is 5. The predicted octanol–water partition coefficient (Wildman–Crippen LogP) is 5.01. The lowest BCUT2D eigenvalue weighted by Gasteiger charge is -2.42. The molecule has 1 N–H and O–H groups in total. The molecule has 0 bridgehead atoms. The number of nitrogens with one attached hydrogen (secondary N) is 1. The molecule has 0 spiro atoms. The number of nitrogens with zero attached hydrogens (tertiary/aromatic N) is 6. The Morgan fingerprint density at radius 3 is 2.31 bits per heavy atom. The molecular formula is C27H37N7S. The van der Waals surface area contributed by atoms with Crippen LogP contribution in [0.1, 0.15) is 54.9 Å². The summed E-state index contributed by atoms with van der Waals surface area (Å²) in [6, 6.07) is 2.96. The van der Waals surface area contributed by atoms with Crippen LogP contribution < -0.4 is 10.2 Å². The fraction of sp³-hybridized carbons (Fsp3) is 0.593. The van der Waals surface area contributed by atoms with Gasteiger partial charge < -0.3 is 15.1 Å². The number of pyridine rings is 1. The Kier molecular flexibility index (Phi) is 6.60. The first-order valence-electron chi connectivity index (χ1n) is 13.3. The third-order valence-electron chi connectivity index (χ3n) is 8.30. The fourth-order valence-corrected chi connectivity index (χ4v) is 7.39. The number of aromatic nitrogens is 3. The highest BCUT2D eigenvalue weighted by atomic mass is 32.1. The van der Waals surface area contributed by atoms with E-state index in [0.717, 1.165) is 49.7 Å². The van der Waals surface area contributed by atoms with Crippen LogP contribution in [-0.2, 0) is 0 Å². The van der Waals surface area contributed by atoms with Gasteiger partial charge in [0.15, 0.2) is 0 Å².